The van der Waals surface area contributed by atoms with Crippen LogP contribution in [0.1, 0.15) is 29.4 Å². The average Bonchev–Trinajstić information content (AvgIpc) is 3.28. The van der Waals surface area contributed by atoms with Gasteiger partial charge in [0.1, 0.15) is 11.4 Å². The molecule has 0 unspecified atom stereocenters. The second-order valence-electron chi connectivity index (χ2n) is 6.35. The summed E-state index contributed by atoms with van der Waals surface area (Å²) < 4.78 is 16.0. The Morgan fingerprint density at radius 2 is 1.87 bits per heavy atom. The van der Waals surface area contributed by atoms with Crippen molar-refractivity contribution in [1.29, 1.82) is 0 Å². The zero-order valence-electron chi connectivity index (χ0n) is 17.1. The van der Waals surface area contributed by atoms with Crippen molar-refractivity contribution in [3.05, 3.63) is 59.8 Å². The van der Waals surface area contributed by atoms with E-state index in [1.165, 1.54) is 6.21 Å². The van der Waals surface area contributed by atoms with Crippen LogP contribution in [0.15, 0.2) is 53.6 Å². The average molecular weight is 408 g/mol. The maximum absolute atomic E-state index is 12.3. The first-order valence-electron chi connectivity index (χ1n) is 9.48. The highest BCUT2D eigenvalue weighted by atomic mass is 16.5. The molecule has 3 rings (SSSR count). The molecule has 3 aromatic rings. The Hall–Kier alpha value is -3.81. The van der Waals surface area contributed by atoms with Gasteiger partial charge in [-0.1, -0.05) is 6.92 Å². The second kappa shape index (κ2) is 10.1. The van der Waals surface area contributed by atoms with Gasteiger partial charge >= 0.3 is 0 Å². The number of benzene rings is 2. The quantitative estimate of drug-likeness (QED) is 0.416. The molecule has 1 amide bonds. The van der Waals surface area contributed by atoms with E-state index < -0.39 is 5.91 Å². The third-order valence-corrected chi connectivity index (χ3v) is 4.23. The number of hydrogen-bond donors (Lipinski definition) is 2. The molecule has 8 nitrogen and oxygen atoms in total. The third-order valence-electron chi connectivity index (χ3n) is 4.23. The summed E-state index contributed by atoms with van der Waals surface area (Å²) in [6.07, 6.45) is 2.47. The first-order chi connectivity index (χ1) is 14.6. The molecule has 2 N–H and O–H groups in total. The van der Waals surface area contributed by atoms with E-state index in [1.54, 1.807) is 38.5 Å². The molecular weight excluding hydrogens is 384 g/mol. The van der Waals surface area contributed by atoms with E-state index in [2.05, 4.69) is 27.6 Å². The van der Waals surface area contributed by atoms with Crippen LogP contribution < -0.4 is 19.6 Å². The van der Waals surface area contributed by atoms with E-state index in [1.807, 2.05) is 24.3 Å². The van der Waals surface area contributed by atoms with E-state index in [4.69, 9.17) is 14.2 Å². The van der Waals surface area contributed by atoms with Gasteiger partial charge < -0.3 is 14.2 Å². The fourth-order valence-corrected chi connectivity index (χ4v) is 2.69. The lowest BCUT2D eigenvalue weighted by atomic mass is 10.1. The highest BCUT2D eigenvalue weighted by molar-refractivity contribution is 5.94. The summed E-state index contributed by atoms with van der Waals surface area (Å²) in [5, 5.41) is 10.9. The number of hydrazone groups is 1. The molecule has 1 heterocycles. The fraction of sp³-hybridized carbons (Fsp3) is 0.227. The van der Waals surface area contributed by atoms with Crippen LogP contribution in [0.4, 0.5) is 0 Å². The molecule has 0 aliphatic heterocycles. The van der Waals surface area contributed by atoms with Crippen molar-refractivity contribution in [2.75, 3.05) is 20.8 Å². The van der Waals surface area contributed by atoms with Crippen LogP contribution in [0.25, 0.3) is 11.3 Å². The number of aromatic amines is 1. The van der Waals surface area contributed by atoms with Gasteiger partial charge in [-0.15, -0.1) is 0 Å². The van der Waals surface area contributed by atoms with E-state index in [-0.39, 0.29) is 0 Å². The van der Waals surface area contributed by atoms with Crippen LogP contribution in [-0.2, 0) is 0 Å². The van der Waals surface area contributed by atoms with Crippen molar-refractivity contribution >= 4 is 12.1 Å². The molecule has 0 atom stereocenters. The maximum Gasteiger partial charge on any atom is 0.289 e. The first kappa shape index (κ1) is 20.9. The summed E-state index contributed by atoms with van der Waals surface area (Å²) in [6, 6.07) is 14.6. The van der Waals surface area contributed by atoms with Gasteiger partial charge in [0, 0.05) is 5.56 Å². The van der Waals surface area contributed by atoms with Crippen molar-refractivity contribution in [1.82, 2.24) is 15.6 Å². The number of rotatable bonds is 9. The van der Waals surface area contributed by atoms with Crippen LogP contribution in [0.2, 0.25) is 0 Å². The number of aromatic nitrogens is 2. The molecule has 30 heavy (non-hydrogen) atoms. The zero-order valence-corrected chi connectivity index (χ0v) is 17.1. The number of hydrogen-bond acceptors (Lipinski definition) is 6. The first-order valence-corrected chi connectivity index (χ1v) is 9.48. The van der Waals surface area contributed by atoms with E-state index >= 15 is 0 Å². The van der Waals surface area contributed by atoms with Crippen molar-refractivity contribution < 1.29 is 19.0 Å². The summed E-state index contributed by atoms with van der Waals surface area (Å²) in [5.41, 5.74) is 5.07. The Morgan fingerprint density at radius 3 is 2.57 bits per heavy atom. The van der Waals surface area contributed by atoms with Gasteiger partial charge in [0.05, 0.1) is 32.7 Å². The van der Waals surface area contributed by atoms with E-state index in [0.29, 0.717) is 29.5 Å². The molecule has 0 aliphatic carbocycles. The minimum absolute atomic E-state index is 0.306. The smallest absolute Gasteiger partial charge is 0.289 e. The Bertz CT molecular complexity index is 1010. The molecule has 0 spiro atoms. The van der Waals surface area contributed by atoms with Gasteiger partial charge in [-0.3, -0.25) is 9.89 Å². The number of amides is 1. The lowest BCUT2D eigenvalue weighted by Crippen LogP contribution is -2.18. The van der Waals surface area contributed by atoms with Gasteiger partial charge in [-0.05, 0) is 60.5 Å². The largest absolute Gasteiger partial charge is 0.494 e. The Balaban J connectivity index is 1.62. The van der Waals surface area contributed by atoms with E-state index in [0.717, 1.165) is 23.3 Å². The minimum Gasteiger partial charge on any atom is -0.494 e. The molecule has 0 aliphatic rings. The fourth-order valence-electron chi connectivity index (χ4n) is 2.69. The Kier molecular flexibility index (Phi) is 7.05. The molecule has 0 fully saturated rings. The van der Waals surface area contributed by atoms with Crippen LogP contribution in [0, 0.1) is 0 Å². The molecule has 156 valence electrons. The van der Waals surface area contributed by atoms with Crippen LogP contribution >= 0.6 is 0 Å². The molecule has 1 aromatic heterocycles. The van der Waals surface area contributed by atoms with Crippen molar-refractivity contribution in [3.8, 4) is 28.5 Å². The number of carbonyl (C=O) groups excluding carboxylic acids is 1. The highest BCUT2D eigenvalue weighted by Crippen LogP contribution is 2.27. The zero-order chi connectivity index (χ0) is 21.3. The molecule has 8 heteroatoms. The molecular formula is C22H24N4O4. The molecule has 0 radical (unpaired) electrons. The normalized spacial score (nSPS) is 10.8. The third kappa shape index (κ3) is 5.16. The van der Waals surface area contributed by atoms with Crippen molar-refractivity contribution in [2.24, 2.45) is 5.10 Å². The molecule has 2 aromatic carbocycles. The van der Waals surface area contributed by atoms with E-state index in [9.17, 15) is 4.79 Å². The van der Waals surface area contributed by atoms with Gasteiger partial charge in [0.2, 0.25) is 0 Å². The minimum atomic E-state index is -0.395. The number of carbonyl (C=O) groups is 1. The lowest BCUT2D eigenvalue weighted by Gasteiger charge is -2.07. The Morgan fingerprint density at radius 1 is 1.10 bits per heavy atom. The van der Waals surface area contributed by atoms with Crippen molar-refractivity contribution in [2.45, 2.75) is 13.3 Å². The van der Waals surface area contributed by atoms with Crippen molar-refractivity contribution in [3.63, 3.8) is 0 Å². The summed E-state index contributed by atoms with van der Waals surface area (Å²) >= 11 is 0. The second-order valence-corrected chi connectivity index (χ2v) is 6.35. The number of H-pyrrole nitrogens is 1. The predicted molar refractivity (Wildman–Crippen MR) is 114 cm³/mol. The molecule has 0 bridgehead atoms. The lowest BCUT2D eigenvalue weighted by molar-refractivity contribution is 0.0950. The maximum atomic E-state index is 12.3. The highest BCUT2D eigenvalue weighted by Gasteiger charge is 2.11. The predicted octanol–water partition coefficient (Wildman–Crippen LogP) is 3.65. The summed E-state index contributed by atoms with van der Waals surface area (Å²) in [4.78, 5) is 12.3. The van der Waals surface area contributed by atoms with Gasteiger partial charge in [-0.25, -0.2) is 5.43 Å². The number of nitrogens with zero attached hydrogens (tertiary/aromatic N) is 2. The number of methoxy groups -OCH3 is 2. The van der Waals surface area contributed by atoms with Gasteiger partial charge in [0.25, 0.3) is 5.91 Å². The SMILES string of the molecule is CCCOc1ccc(-c2cc(C(=O)NN=Cc3ccc(OC)c(OC)c3)[nH]n2)cc1. The monoisotopic (exact) mass is 408 g/mol. The Labute approximate surface area is 174 Å². The van der Waals surface area contributed by atoms with Gasteiger partial charge in [-0.2, -0.15) is 10.2 Å². The standard InChI is InChI=1S/C22H24N4O4/c1-4-11-30-17-8-6-16(7-9-17)18-13-19(25-24-18)22(27)26-23-14-15-5-10-20(28-2)21(12-15)29-3/h5-10,12-14H,4,11H2,1-3H3,(H,24,25)(H,26,27). The summed E-state index contributed by atoms with van der Waals surface area (Å²) in [6.45, 7) is 2.73. The van der Waals surface area contributed by atoms with Crippen LogP contribution in [-0.4, -0.2) is 43.1 Å². The molecule has 0 saturated heterocycles. The summed E-state index contributed by atoms with van der Waals surface area (Å²) in [7, 11) is 3.13. The van der Waals surface area contributed by atoms with Gasteiger partial charge in [0.15, 0.2) is 11.5 Å². The topological polar surface area (TPSA) is 97.8 Å². The molecule has 0 saturated carbocycles. The van der Waals surface area contributed by atoms with Crippen LogP contribution in [0.3, 0.4) is 0 Å². The summed E-state index contributed by atoms with van der Waals surface area (Å²) in [5.74, 6) is 1.61. The van der Waals surface area contributed by atoms with Crippen LogP contribution in [0.5, 0.6) is 17.2 Å². The number of nitrogens with one attached hydrogen (secondary N) is 2. The number of ether oxygens (including phenoxy) is 3.